The maximum absolute atomic E-state index is 11.4. The third kappa shape index (κ3) is 4.55. The average molecular weight is 236 g/mol. The zero-order valence-corrected chi connectivity index (χ0v) is 9.69. The summed E-state index contributed by atoms with van der Waals surface area (Å²) in [5.41, 5.74) is 0.725. The number of hydrogen-bond donors (Lipinski definition) is 3. The second-order valence-corrected chi connectivity index (χ2v) is 3.58. The van der Waals surface area contributed by atoms with Crippen LogP contribution in [0.15, 0.2) is 24.3 Å². The van der Waals surface area contributed by atoms with Crippen LogP contribution in [0.1, 0.15) is 12.0 Å². The van der Waals surface area contributed by atoms with E-state index in [0.29, 0.717) is 6.42 Å². The van der Waals surface area contributed by atoms with Gasteiger partial charge in [-0.2, -0.15) is 0 Å². The van der Waals surface area contributed by atoms with Gasteiger partial charge in [-0.1, -0.05) is 18.2 Å². The van der Waals surface area contributed by atoms with Gasteiger partial charge in [-0.15, -0.1) is 0 Å². The first-order valence-corrected chi connectivity index (χ1v) is 5.37. The molecule has 0 heterocycles. The number of carbonyl (C=O) groups is 2. The summed E-state index contributed by atoms with van der Waals surface area (Å²) < 4.78 is 0. The fourth-order valence-electron chi connectivity index (χ4n) is 1.33. The Balaban J connectivity index is 2.34. The molecule has 3 N–H and O–H groups in total. The number of likely N-dealkylation sites (N-methyl/N-ethyl adjacent to an activating group) is 1. The molecule has 5 nitrogen and oxygen atoms in total. The lowest BCUT2D eigenvalue weighted by Crippen LogP contribution is -2.35. The third-order valence-corrected chi connectivity index (χ3v) is 2.34. The van der Waals surface area contributed by atoms with Crippen molar-refractivity contribution in [2.24, 2.45) is 0 Å². The van der Waals surface area contributed by atoms with Crippen molar-refractivity contribution < 1.29 is 14.7 Å². The highest BCUT2D eigenvalue weighted by Crippen LogP contribution is 2.16. The van der Waals surface area contributed by atoms with Gasteiger partial charge in [0.15, 0.2) is 0 Å². The molecule has 0 aromatic heterocycles. The van der Waals surface area contributed by atoms with Crippen molar-refractivity contribution in [2.45, 2.75) is 12.8 Å². The second kappa shape index (κ2) is 6.52. The van der Waals surface area contributed by atoms with Gasteiger partial charge in [0.05, 0.1) is 6.54 Å². The van der Waals surface area contributed by atoms with Crippen LogP contribution >= 0.6 is 0 Å². The molecule has 0 fully saturated rings. The van der Waals surface area contributed by atoms with E-state index in [4.69, 9.17) is 0 Å². The molecule has 1 aromatic carbocycles. The normalized spacial score (nSPS) is 9.71. The lowest BCUT2D eigenvalue weighted by molar-refractivity contribution is -0.125. The summed E-state index contributed by atoms with van der Waals surface area (Å²) >= 11 is 0. The molecule has 5 heteroatoms. The molecule has 0 atom stereocenters. The van der Waals surface area contributed by atoms with Crippen molar-refractivity contribution >= 4 is 11.8 Å². The number of para-hydroxylation sites is 1. The summed E-state index contributed by atoms with van der Waals surface area (Å²) in [7, 11) is 1.51. The Labute approximate surface area is 99.8 Å². The highest BCUT2D eigenvalue weighted by Gasteiger charge is 2.06. The van der Waals surface area contributed by atoms with Crippen LogP contribution in [0, 0.1) is 0 Å². The molecule has 0 aliphatic rings. The topological polar surface area (TPSA) is 78.4 Å². The zero-order valence-electron chi connectivity index (χ0n) is 9.69. The van der Waals surface area contributed by atoms with Gasteiger partial charge >= 0.3 is 0 Å². The maximum atomic E-state index is 11.4. The number of phenolic OH excluding ortho intramolecular Hbond substituents is 1. The van der Waals surface area contributed by atoms with E-state index in [1.54, 1.807) is 24.3 Å². The number of aromatic hydroxyl groups is 1. The van der Waals surface area contributed by atoms with Crippen molar-refractivity contribution in [1.82, 2.24) is 10.6 Å². The van der Waals surface area contributed by atoms with E-state index in [-0.39, 0.29) is 30.5 Å². The van der Waals surface area contributed by atoms with Crippen LogP contribution in [0.5, 0.6) is 5.75 Å². The van der Waals surface area contributed by atoms with Crippen molar-refractivity contribution in [3.63, 3.8) is 0 Å². The monoisotopic (exact) mass is 236 g/mol. The van der Waals surface area contributed by atoms with Crippen molar-refractivity contribution in [3.05, 3.63) is 29.8 Å². The molecule has 0 saturated heterocycles. The van der Waals surface area contributed by atoms with E-state index in [2.05, 4.69) is 10.6 Å². The molecular formula is C12H16N2O3. The molecule has 0 aliphatic heterocycles. The number of aryl methyl sites for hydroxylation is 1. The van der Waals surface area contributed by atoms with E-state index in [0.717, 1.165) is 5.56 Å². The van der Waals surface area contributed by atoms with Gasteiger partial charge in [0, 0.05) is 13.5 Å². The van der Waals surface area contributed by atoms with Crippen LogP contribution < -0.4 is 10.6 Å². The van der Waals surface area contributed by atoms with Gasteiger partial charge < -0.3 is 15.7 Å². The molecule has 0 saturated carbocycles. The quantitative estimate of drug-likeness (QED) is 0.682. The average Bonchev–Trinajstić information content (AvgIpc) is 2.35. The summed E-state index contributed by atoms with van der Waals surface area (Å²) in [6.45, 7) is -0.0178. The smallest absolute Gasteiger partial charge is 0.239 e. The Morgan fingerprint density at radius 3 is 2.59 bits per heavy atom. The van der Waals surface area contributed by atoms with Gasteiger partial charge in [0.1, 0.15) is 5.75 Å². The first kappa shape index (κ1) is 13.0. The van der Waals surface area contributed by atoms with Crippen LogP contribution in [0.25, 0.3) is 0 Å². The lowest BCUT2D eigenvalue weighted by Gasteiger charge is -2.05. The van der Waals surface area contributed by atoms with E-state index in [9.17, 15) is 14.7 Å². The standard InChI is InChI=1S/C12H16N2O3/c1-13-12(17)8-14-11(16)7-6-9-4-2-3-5-10(9)15/h2-5,15H,6-8H2,1H3,(H,13,17)(H,14,16). The molecule has 0 bridgehead atoms. The van der Waals surface area contributed by atoms with Crippen molar-refractivity contribution in [3.8, 4) is 5.75 Å². The Kier molecular flexibility index (Phi) is 5.00. The Bertz CT molecular complexity index is 404. The number of hydrogen-bond acceptors (Lipinski definition) is 3. The Morgan fingerprint density at radius 1 is 1.24 bits per heavy atom. The zero-order chi connectivity index (χ0) is 12.7. The molecule has 1 aromatic rings. The minimum absolute atomic E-state index is 0.0178. The Morgan fingerprint density at radius 2 is 1.94 bits per heavy atom. The molecule has 0 spiro atoms. The molecule has 1 rings (SSSR count). The van der Waals surface area contributed by atoms with Crippen LogP contribution in [0.2, 0.25) is 0 Å². The van der Waals surface area contributed by atoms with Gasteiger partial charge in [0.2, 0.25) is 11.8 Å². The van der Waals surface area contributed by atoms with E-state index >= 15 is 0 Å². The number of benzene rings is 1. The lowest BCUT2D eigenvalue weighted by atomic mass is 10.1. The molecule has 0 aliphatic carbocycles. The maximum Gasteiger partial charge on any atom is 0.239 e. The molecular weight excluding hydrogens is 220 g/mol. The minimum Gasteiger partial charge on any atom is -0.508 e. The fraction of sp³-hybridized carbons (Fsp3) is 0.333. The van der Waals surface area contributed by atoms with Crippen molar-refractivity contribution in [1.29, 1.82) is 0 Å². The number of phenols is 1. The number of nitrogens with one attached hydrogen (secondary N) is 2. The van der Waals surface area contributed by atoms with E-state index < -0.39 is 0 Å². The van der Waals surface area contributed by atoms with Gasteiger partial charge in [-0.3, -0.25) is 9.59 Å². The third-order valence-electron chi connectivity index (χ3n) is 2.34. The fourth-order valence-corrected chi connectivity index (χ4v) is 1.33. The second-order valence-electron chi connectivity index (χ2n) is 3.58. The molecule has 0 radical (unpaired) electrons. The number of amides is 2. The summed E-state index contributed by atoms with van der Waals surface area (Å²) in [6, 6.07) is 6.88. The van der Waals surface area contributed by atoms with Gasteiger partial charge in [-0.05, 0) is 18.1 Å². The first-order valence-electron chi connectivity index (χ1n) is 5.37. The summed E-state index contributed by atoms with van der Waals surface area (Å²) in [5.74, 6) is -0.260. The predicted molar refractivity (Wildman–Crippen MR) is 63.5 cm³/mol. The van der Waals surface area contributed by atoms with Crippen LogP contribution in [0.4, 0.5) is 0 Å². The number of rotatable bonds is 5. The SMILES string of the molecule is CNC(=O)CNC(=O)CCc1ccccc1O. The summed E-state index contributed by atoms with van der Waals surface area (Å²) in [4.78, 5) is 22.3. The van der Waals surface area contributed by atoms with Gasteiger partial charge in [0.25, 0.3) is 0 Å². The number of carbonyl (C=O) groups excluding carboxylic acids is 2. The molecule has 92 valence electrons. The predicted octanol–water partition coefficient (Wildman–Crippen LogP) is 0.187. The molecule has 0 unspecified atom stereocenters. The van der Waals surface area contributed by atoms with Crippen molar-refractivity contribution in [2.75, 3.05) is 13.6 Å². The molecule has 2 amide bonds. The van der Waals surface area contributed by atoms with Crippen LogP contribution in [0.3, 0.4) is 0 Å². The Hall–Kier alpha value is -2.04. The van der Waals surface area contributed by atoms with E-state index in [1.807, 2.05) is 0 Å². The highest BCUT2D eigenvalue weighted by atomic mass is 16.3. The largest absolute Gasteiger partial charge is 0.508 e. The first-order chi connectivity index (χ1) is 8.13. The van der Waals surface area contributed by atoms with Crippen LogP contribution in [-0.4, -0.2) is 30.5 Å². The highest BCUT2D eigenvalue weighted by molar-refractivity contribution is 5.84. The van der Waals surface area contributed by atoms with Crippen LogP contribution in [-0.2, 0) is 16.0 Å². The minimum atomic E-state index is -0.235. The summed E-state index contributed by atoms with van der Waals surface area (Å²) in [5, 5.41) is 14.4. The summed E-state index contributed by atoms with van der Waals surface area (Å²) in [6.07, 6.45) is 0.695. The van der Waals surface area contributed by atoms with E-state index in [1.165, 1.54) is 7.05 Å². The molecule has 17 heavy (non-hydrogen) atoms. The van der Waals surface area contributed by atoms with Gasteiger partial charge in [-0.25, -0.2) is 0 Å².